The van der Waals surface area contributed by atoms with Gasteiger partial charge in [0.2, 0.25) is 0 Å². The molecule has 2 N–H and O–H groups in total. The number of alkyl halides is 3. The zero-order valence-electron chi connectivity index (χ0n) is 15.6. The Morgan fingerprint density at radius 2 is 1.67 bits per heavy atom. The summed E-state index contributed by atoms with van der Waals surface area (Å²) < 4.78 is 44.9. The lowest BCUT2D eigenvalue weighted by atomic mass is 9.92. The molecule has 0 unspecified atom stereocenters. The molecule has 1 aromatic heterocycles. The maximum atomic E-state index is 13.2. The molecule has 30 heavy (non-hydrogen) atoms. The molecular formula is C21H16ClF3N2O3. The van der Waals surface area contributed by atoms with Crippen LogP contribution in [-0.2, 0) is 0 Å². The van der Waals surface area contributed by atoms with Crippen LogP contribution >= 0.6 is 11.6 Å². The zero-order chi connectivity index (χ0) is 21.7. The number of aliphatic hydroxyl groups is 2. The maximum Gasteiger partial charge on any atom is 0.442 e. The molecule has 5 nitrogen and oxygen atoms in total. The third-order valence-electron chi connectivity index (χ3n) is 4.98. The highest BCUT2D eigenvalue weighted by Gasteiger charge is 2.54. The van der Waals surface area contributed by atoms with Gasteiger partial charge in [0.05, 0.1) is 17.0 Å². The summed E-state index contributed by atoms with van der Waals surface area (Å²) in [4.78, 5) is 4.49. The molecule has 0 aliphatic carbocycles. The molecule has 0 saturated carbocycles. The van der Waals surface area contributed by atoms with Gasteiger partial charge in [0, 0.05) is 22.6 Å². The second-order valence-corrected chi connectivity index (χ2v) is 7.51. The van der Waals surface area contributed by atoms with E-state index in [2.05, 4.69) is 10.1 Å². The second-order valence-electron chi connectivity index (χ2n) is 7.07. The topological polar surface area (TPSA) is 78.9 Å². The standard InChI is InChI=1S/C21H16ClF3N2O3/c1-11-17-14-4-2-3-5-15(14)18(12-6-8-13(22)9-7-12)26-16(19(17)30-27-11)10-20(28,29)21(23,24)25/h2-9,16,28-29H,10H2,1H3/t16-/m0/s1. The number of aryl methyl sites for hydroxylation is 1. The fraction of sp³-hybridized carbons (Fsp3) is 0.238. The Hall–Kier alpha value is -2.68. The monoisotopic (exact) mass is 436 g/mol. The SMILES string of the molecule is Cc1noc2c1-c1ccccc1C(c1ccc(Cl)cc1)=N[C@H]2CC(O)(O)C(F)(F)F. The molecule has 0 saturated heterocycles. The smallest absolute Gasteiger partial charge is 0.359 e. The minimum Gasteiger partial charge on any atom is -0.359 e. The molecule has 1 aliphatic heterocycles. The highest BCUT2D eigenvalue weighted by Crippen LogP contribution is 2.44. The van der Waals surface area contributed by atoms with Crippen molar-refractivity contribution in [3.63, 3.8) is 0 Å². The molecule has 0 spiro atoms. The van der Waals surface area contributed by atoms with E-state index in [1.54, 1.807) is 55.5 Å². The molecule has 9 heteroatoms. The van der Waals surface area contributed by atoms with Crippen molar-refractivity contribution in [3.05, 3.63) is 76.1 Å². The van der Waals surface area contributed by atoms with Gasteiger partial charge in [-0.1, -0.05) is 53.2 Å². The van der Waals surface area contributed by atoms with E-state index in [1.165, 1.54) is 0 Å². The van der Waals surface area contributed by atoms with Crippen LogP contribution in [-0.4, -0.2) is 33.0 Å². The van der Waals surface area contributed by atoms with Crippen LogP contribution in [0.5, 0.6) is 0 Å². The molecule has 0 bridgehead atoms. The van der Waals surface area contributed by atoms with Crippen molar-refractivity contribution < 1.29 is 27.9 Å². The number of aliphatic imine (C=N–C) groups is 1. The molecule has 0 radical (unpaired) electrons. The summed E-state index contributed by atoms with van der Waals surface area (Å²) >= 11 is 5.97. The Balaban J connectivity index is 1.95. The number of fused-ring (bicyclic) bond motifs is 3. The third kappa shape index (κ3) is 3.51. The van der Waals surface area contributed by atoms with Crippen molar-refractivity contribution in [2.45, 2.75) is 31.3 Å². The molecule has 2 aromatic carbocycles. The first-order valence-electron chi connectivity index (χ1n) is 8.99. The summed E-state index contributed by atoms with van der Waals surface area (Å²) in [6.07, 6.45) is -6.42. The van der Waals surface area contributed by atoms with Crippen molar-refractivity contribution in [1.82, 2.24) is 5.16 Å². The number of benzene rings is 2. The van der Waals surface area contributed by atoms with Gasteiger partial charge in [0.25, 0.3) is 5.79 Å². The summed E-state index contributed by atoms with van der Waals surface area (Å²) in [6, 6.07) is 12.5. The first-order valence-corrected chi connectivity index (χ1v) is 9.37. The van der Waals surface area contributed by atoms with Crippen molar-refractivity contribution in [3.8, 4) is 11.1 Å². The van der Waals surface area contributed by atoms with Crippen LogP contribution < -0.4 is 0 Å². The second kappa shape index (κ2) is 7.23. The number of aromatic nitrogens is 1. The Morgan fingerprint density at radius 3 is 2.30 bits per heavy atom. The first-order chi connectivity index (χ1) is 14.1. The Kier molecular flexibility index (Phi) is 4.96. The van der Waals surface area contributed by atoms with E-state index in [-0.39, 0.29) is 5.76 Å². The molecule has 1 aliphatic rings. The van der Waals surface area contributed by atoms with Gasteiger partial charge in [0.1, 0.15) is 6.04 Å². The number of hydrogen-bond acceptors (Lipinski definition) is 5. The van der Waals surface area contributed by atoms with Gasteiger partial charge >= 0.3 is 6.18 Å². The lowest BCUT2D eigenvalue weighted by molar-refractivity contribution is -0.352. The van der Waals surface area contributed by atoms with Crippen LogP contribution in [0.15, 0.2) is 58.0 Å². The number of hydrogen-bond donors (Lipinski definition) is 2. The molecule has 0 fully saturated rings. The largest absolute Gasteiger partial charge is 0.442 e. The fourth-order valence-electron chi connectivity index (χ4n) is 3.50. The maximum absolute atomic E-state index is 13.2. The van der Waals surface area contributed by atoms with Gasteiger partial charge in [-0.25, -0.2) is 0 Å². The van der Waals surface area contributed by atoms with E-state index in [0.717, 1.165) is 0 Å². The summed E-state index contributed by atoms with van der Waals surface area (Å²) in [5.41, 5.74) is 3.28. The normalized spacial score (nSPS) is 16.5. The number of nitrogens with zero attached hydrogens (tertiary/aromatic N) is 2. The molecule has 3 aromatic rings. The van der Waals surface area contributed by atoms with E-state index in [9.17, 15) is 23.4 Å². The van der Waals surface area contributed by atoms with Crippen LogP contribution in [0.3, 0.4) is 0 Å². The summed E-state index contributed by atoms with van der Waals surface area (Å²) in [5.74, 6) is -3.92. The minimum absolute atomic E-state index is 0.0423. The summed E-state index contributed by atoms with van der Waals surface area (Å²) in [6.45, 7) is 1.67. The van der Waals surface area contributed by atoms with Crippen molar-refractivity contribution in [2.24, 2.45) is 4.99 Å². The quantitative estimate of drug-likeness (QED) is 0.576. The van der Waals surface area contributed by atoms with E-state index in [1.807, 2.05) is 0 Å². The predicted molar refractivity (Wildman–Crippen MR) is 104 cm³/mol. The number of rotatable bonds is 3. The van der Waals surface area contributed by atoms with E-state index in [0.29, 0.717) is 38.7 Å². The summed E-state index contributed by atoms with van der Waals surface area (Å²) in [7, 11) is 0. The molecular weight excluding hydrogens is 421 g/mol. The van der Waals surface area contributed by atoms with E-state index < -0.39 is 24.4 Å². The molecule has 0 amide bonds. The Morgan fingerprint density at radius 1 is 1.03 bits per heavy atom. The van der Waals surface area contributed by atoms with Crippen LogP contribution in [0.4, 0.5) is 13.2 Å². The third-order valence-corrected chi connectivity index (χ3v) is 5.23. The van der Waals surface area contributed by atoms with Crippen molar-refractivity contribution in [2.75, 3.05) is 0 Å². The lowest BCUT2D eigenvalue weighted by Crippen LogP contribution is -2.46. The minimum atomic E-state index is -5.27. The van der Waals surface area contributed by atoms with Crippen molar-refractivity contribution in [1.29, 1.82) is 0 Å². The van der Waals surface area contributed by atoms with E-state index >= 15 is 0 Å². The van der Waals surface area contributed by atoms with Crippen molar-refractivity contribution >= 4 is 17.3 Å². The Labute approximate surface area is 174 Å². The number of halogens is 4. The summed E-state index contributed by atoms with van der Waals surface area (Å²) in [5, 5.41) is 23.8. The molecule has 1 atom stereocenters. The fourth-order valence-corrected chi connectivity index (χ4v) is 3.62. The molecule has 4 rings (SSSR count). The van der Waals surface area contributed by atoms with Gasteiger partial charge in [-0.2, -0.15) is 13.2 Å². The van der Waals surface area contributed by atoms with Crippen LogP contribution in [0.25, 0.3) is 11.1 Å². The van der Waals surface area contributed by atoms with Gasteiger partial charge in [0.15, 0.2) is 5.76 Å². The van der Waals surface area contributed by atoms with Gasteiger partial charge in [-0.3, -0.25) is 4.99 Å². The molecule has 2 heterocycles. The van der Waals surface area contributed by atoms with Crippen LogP contribution in [0, 0.1) is 6.92 Å². The lowest BCUT2D eigenvalue weighted by Gasteiger charge is -2.26. The first kappa shape index (κ1) is 20.6. The van der Waals surface area contributed by atoms with E-state index in [4.69, 9.17) is 16.1 Å². The highest BCUT2D eigenvalue weighted by molar-refractivity contribution is 6.30. The van der Waals surface area contributed by atoms with Gasteiger partial charge in [-0.15, -0.1) is 0 Å². The molecule has 156 valence electrons. The van der Waals surface area contributed by atoms with Gasteiger partial charge < -0.3 is 14.7 Å². The average Bonchev–Trinajstić information content (AvgIpc) is 3.00. The predicted octanol–water partition coefficient (Wildman–Crippen LogP) is 4.83. The van der Waals surface area contributed by atoms with Crippen LogP contribution in [0.2, 0.25) is 5.02 Å². The Bertz CT molecular complexity index is 1120. The van der Waals surface area contributed by atoms with Gasteiger partial charge in [-0.05, 0) is 24.6 Å². The highest BCUT2D eigenvalue weighted by atomic mass is 35.5. The average molecular weight is 437 g/mol. The van der Waals surface area contributed by atoms with Crippen LogP contribution in [0.1, 0.15) is 35.0 Å². The zero-order valence-corrected chi connectivity index (χ0v) is 16.4.